The molecule has 6 heterocycles. The molecule has 7 rings (SSSR count). The van der Waals surface area contributed by atoms with Gasteiger partial charge in [-0.25, -0.2) is 14.4 Å². The molecule has 9 heteroatoms. The SMILES string of the molecule is Fc1cc(-c2nc(N3CCOCC3)c3oc(CN4CCC5(CCNC5)CC4)cc3n2)c2cc[nH]c2c1. The number of aromatic amines is 1. The van der Waals surface area contributed by atoms with Crippen molar-refractivity contribution in [3.63, 3.8) is 0 Å². The quantitative estimate of drug-likeness (QED) is 0.449. The van der Waals surface area contributed by atoms with Gasteiger partial charge in [0, 0.05) is 48.4 Å². The first kappa shape index (κ1) is 22.2. The Bertz CT molecular complexity index is 1390. The number of hydrogen-bond donors (Lipinski definition) is 2. The lowest BCUT2D eigenvalue weighted by Gasteiger charge is -2.38. The van der Waals surface area contributed by atoms with Crippen molar-refractivity contribution in [3.8, 4) is 11.4 Å². The molecule has 0 radical (unpaired) electrons. The van der Waals surface area contributed by atoms with Gasteiger partial charge in [0.15, 0.2) is 17.2 Å². The lowest BCUT2D eigenvalue weighted by Crippen LogP contribution is -2.40. The summed E-state index contributed by atoms with van der Waals surface area (Å²) in [5, 5.41) is 4.44. The van der Waals surface area contributed by atoms with E-state index in [9.17, 15) is 4.39 Å². The number of piperidine rings is 1. The molecule has 0 atom stereocenters. The minimum atomic E-state index is -0.315. The number of furan rings is 1. The number of likely N-dealkylation sites (tertiary alicyclic amines) is 1. The maximum absolute atomic E-state index is 14.5. The van der Waals surface area contributed by atoms with Crippen molar-refractivity contribution in [2.45, 2.75) is 25.8 Å². The summed E-state index contributed by atoms with van der Waals surface area (Å²) in [4.78, 5) is 17.6. The molecular weight excluding hydrogens is 459 g/mol. The Morgan fingerprint density at radius 3 is 2.69 bits per heavy atom. The first-order chi connectivity index (χ1) is 17.7. The van der Waals surface area contributed by atoms with E-state index in [-0.39, 0.29) is 5.82 Å². The molecule has 3 saturated heterocycles. The molecule has 1 spiro atoms. The third kappa shape index (κ3) is 3.95. The molecule has 0 saturated carbocycles. The average Bonchev–Trinajstić information content (AvgIpc) is 3.65. The molecule has 3 aliphatic heterocycles. The lowest BCUT2D eigenvalue weighted by atomic mass is 9.78. The third-order valence-electron chi connectivity index (χ3n) is 8.22. The van der Waals surface area contributed by atoms with Gasteiger partial charge in [0.05, 0.1) is 19.8 Å². The number of fused-ring (bicyclic) bond motifs is 2. The second-order valence-electron chi connectivity index (χ2n) is 10.5. The summed E-state index contributed by atoms with van der Waals surface area (Å²) in [5.41, 5.74) is 3.36. The molecule has 188 valence electrons. The van der Waals surface area contributed by atoms with Crippen LogP contribution in [-0.4, -0.2) is 72.3 Å². The highest BCUT2D eigenvalue weighted by Gasteiger charge is 2.37. The van der Waals surface area contributed by atoms with Crippen LogP contribution >= 0.6 is 0 Å². The number of morpholine rings is 1. The Morgan fingerprint density at radius 2 is 1.89 bits per heavy atom. The smallest absolute Gasteiger partial charge is 0.195 e. The standard InChI is InChI=1S/C27H31FN6O2/c28-18-13-21(20-1-5-30-22(20)14-18)25-31-23-15-19(16-33-7-3-27(4-8-33)2-6-29-17-27)36-24(23)26(32-25)34-9-11-35-12-10-34/h1,5,13-15,29-30H,2-4,6-12,16-17H2. The van der Waals surface area contributed by atoms with E-state index in [0.29, 0.717) is 35.6 Å². The molecule has 3 aromatic heterocycles. The zero-order valence-electron chi connectivity index (χ0n) is 20.4. The molecule has 0 amide bonds. The second kappa shape index (κ2) is 8.83. The van der Waals surface area contributed by atoms with E-state index < -0.39 is 0 Å². The van der Waals surface area contributed by atoms with E-state index in [2.05, 4.69) is 20.1 Å². The number of aromatic nitrogens is 3. The van der Waals surface area contributed by atoms with Crippen LogP contribution in [0.1, 0.15) is 25.0 Å². The van der Waals surface area contributed by atoms with Gasteiger partial charge < -0.3 is 24.4 Å². The summed E-state index contributed by atoms with van der Waals surface area (Å²) in [6.45, 7) is 7.97. The Hall–Kier alpha value is -3.01. The van der Waals surface area contributed by atoms with Gasteiger partial charge in [0.25, 0.3) is 0 Å². The number of benzene rings is 1. The fourth-order valence-corrected chi connectivity index (χ4v) is 6.10. The van der Waals surface area contributed by atoms with Crippen LogP contribution in [0.25, 0.3) is 33.4 Å². The van der Waals surface area contributed by atoms with Crippen molar-refractivity contribution in [3.05, 3.63) is 42.0 Å². The highest BCUT2D eigenvalue weighted by Crippen LogP contribution is 2.38. The van der Waals surface area contributed by atoms with Gasteiger partial charge in [-0.05, 0) is 62.5 Å². The molecule has 4 aromatic rings. The summed E-state index contributed by atoms with van der Waals surface area (Å²) < 4.78 is 26.5. The highest BCUT2D eigenvalue weighted by molar-refractivity contribution is 5.95. The van der Waals surface area contributed by atoms with E-state index in [1.54, 1.807) is 0 Å². The van der Waals surface area contributed by atoms with Crippen molar-refractivity contribution in [2.75, 3.05) is 57.4 Å². The van der Waals surface area contributed by atoms with Crippen LogP contribution in [0.15, 0.2) is 34.9 Å². The minimum absolute atomic E-state index is 0.315. The van der Waals surface area contributed by atoms with Crippen LogP contribution < -0.4 is 10.2 Å². The van der Waals surface area contributed by atoms with Gasteiger partial charge in [-0.2, -0.15) is 0 Å². The van der Waals surface area contributed by atoms with Crippen molar-refractivity contribution in [1.82, 2.24) is 25.2 Å². The van der Waals surface area contributed by atoms with Gasteiger partial charge in [-0.1, -0.05) is 0 Å². The topological polar surface area (TPSA) is 82.4 Å². The van der Waals surface area contributed by atoms with Crippen LogP contribution in [-0.2, 0) is 11.3 Å². The van der Waals surface area contributed by atoms with E-state index in [4.69, 9.17) is 19.1 Å². The fourth-order valence-electron chi connectivity index (χ4n) is 6.10. The van der Waals surface area contributed by atoms with E-state index >= 15 is 0 Å². The first-order valence-corrected chi connectivity index (χ1v) is 13.0. The number of rotatable bonds is 4. The molecule has 8 nitrogen and oxygen atoms in total. The van der Waals surface area contributed by atoms with Gasteiger partial charge in [0.1, 0.15) is 17.1 Å². The van der Waals surface area contributed by atoms with E-state index in [0.717, 1.165) is 73.8 Å². The molecule has 0 unspecified atom stereocenters. The number of H-pyrrole nitrogens is 1. The number of nitrogens with zero attached hydrogens (tertiary/aromatic N) is 4. The molecule has 3 fully saturated rings. The zero-order valence-corrected chi connectivity index (χ0v) is 20.4. The van der Waals surface area contributed by atoms with Crippen LogP contribution in [0.2, 0.25) is 0 Å². The summed E-state index contributed by atoms with van der Waals surface area (Å²) in [5.74, 6) is 1.85. The Balaban J connectivity index is 1.25. The fraction of sp³-hybridized carbons (Fsp3) is 0.481. The zero-order chi connectivity index (χ0) is 24.1. The minimum Gasteiger partial charge on any atom is -0.454 e. The molecule has 3 aliphatic rings. The third-order valence-corrected chi connectivity index (χ3v) is 8.22. The molecule has 0 bridgehead atoms. The lowest BCUT2D eigenvalue weighted by molar-refractivity contribution is 0.108. The second-order valence-corrected chi connectivity index (χ2v) is 10.5. The van der Waals surface area contributed by atoms with E-state index in [1.165, 1.54) is 31.4 Å². The molecule has 36 heavy (non-hydrogen) atoms. The van der Waals surface area contributed by atoms with Crippen molar-refractivity contribution < 1.29 is 13.5 Å². The number of ether oxygens (including phenoxy) is 1. The summed E-state index contributed by atoms with van der Waals surface area (Å²) in [6.07, 6.45) is 5.57. The molecular formula is C27H31FN6O2. The van der Waals surface area contributed by atoms with Gasteiger partial charge in [-0.15, -0.1) is 0 Å². The molecule has 2 N–H and O–H groups in total. The van der Waals surface area contributed by atoms with Crippen molar-refractivity contribution >= 4 is 27.8 Å². The maximum Gasteiger partial charge on any atom is 0.195 e. The van der Waals surface area contributed by atoms with Gasteiger partial charge in [0.2, 0.25) is 0 Å². The average molecular weight is 491 g/mol. The molecule has 0 aliphatic carbocycles. The Kier molecular flexibility index (Phi) is 5.45. The van der Waals surface area contributed by atoms with Gasteiger partial charge in [-0.3, -0.25) is 4.90 Å². The largest absolute Gasteiger partial charge is 0.454 e. The van der Waals surface area contributed by atoms with E-state index in [1.807, 2.05) is 18.3 Å². The summed E-state index contributed by atoms with van der Waals surface area (Å²) in [7, 11) is 0. The van der Waals surface area contributed by atoms with Crippen molar-refractivity contribution in [2.24, 2.45) is 5.41 Å². The van der Waals surface area contributed by atoms with Gasteiger partial charge >= 0.3 is 0 Å². The maximum atomic E-state index is 14.5. The number of anilines is 1. The predicted octanol–water partition coefficient (Wildman–Crippen LogP) is 3.92. The predicted molar refractivity (Wildman–Crippen MR) is 137 cm³/mol. The summed E-state index contributed by atoms with van der Waals surface area (Å²) >= 11 is 0. The summed E-state index contributed by atoms with van der Waals surface area (Å²) in [6, 6.07) is 7.00. The van der Waals surface area contributed by atoms with Crippen LogP contribution in [0.3, 0.4) is 0 Å². The van der Waals surface area contributed by atoms with Crippen LogP contribution in [0, 0.1) is 11.2 Å². The molecule has 1 aromatic carbocycles. The van der Waals surface area contributed by atoms with Crippen LogP contribution in [0.4, 0.5) is 10.2 Å². The monoisotopic (exact) mass is 490 g/mol. The number of nitrogens with one attached hydrogen (secondary N) is 2. The highest BCUT2D eigenvalue weighted by atomic mass is 19.1. The normalized spacial score (nSPS) is 20.8. The van der Waals surface area contributed by atoms with Crippen molar-refractivity contribution in [1.29, 1.82) is 0 Å². The Morgan fingerprint density at radius 1 is 1.03 bits per heavy atom. The number of hydrogen-bond acceptors (Lipinski definition) is 7. The first-order valence-electron chi connectivity index (χ1n) is 13.0. The Labute approximate surface area is 208 Å². The number of halogens is 1. The van der Waals surface area contributed by atoms with Crippen LogP contribution in [0.5, 0.6) is 0 Å².